The lowest BCUT2D eigenvalue weighted by Crippen LogP contribution is -2.10. The third-order valence-corrected chi connectivity index (χ3v) is 9.20. The number of nitrogens with zero attached hydrogens (tertiary/aromatic N) is 1. The third-order valence-electron chi connectivity index (χ3n) is 8.06. The van der Waals surface area contributed by atoms with Crippen molar-refractivity contribution in [3.63, 3.8) is 0 Å². The minimum Gasteiger partial charge on any atom is -0.310 e. The molecule has 9 aromatic rings. The van der Waals surface area contributed by atoms with Crippen LogP contribution in [0.4, 0.5) is 17.1 Å². The molecule has 0 radical (unpaired) electrons. The van der Waals surface area contributed by atoms with Gasteiger partial charge in [-0.3, -0.25) is 0 Å². The number of anilines is 3. The number of rotatable bonds is 6. The largest absolute Gasteiger partial charge is 0.310 e. The molecule has 0 unspecified atom stereocenters. The summed E-state index contributed by atoms with van der Waals surface area (Å²) >= 11 is 1.57. The van der Waals surface area contributed by atoms with Gasteiger partial charge in [0.15, 0.2) is 0 Å². The van der Waals surface area contributed by atoms with Gasteiger partial charge >= 0.3 is 0 Å². The molecule has 0 fully saturated rings. The van der Waals surface area contributed by atoms with Crippen LogP contribution < -0.4 is 4.90 Å². The zero-order chi connectivity index (χ0) is 44.9. The highest BCUT2D eigenvalue weighted by molar-refractivity contribution is 7.26. The molecule has 0 atom stereocenters. The summed E-state index contributed by atoms with van der Waals surface area (Å²) in [5, 5.41) is 0.777. The first-order valence-electron chi connectivity index (χ1n) is 22.6. The standard InChI is InChI=1S/C46H31NS/c1-3-10-32(11-4-1)34-22-26-40(27-23-34)47(43-15-9-17-45-46(43)42-14-7-8-16-44(42)48-45)41-28-24-35(25-29-41)38-21-19-36-18-20-37(30-39(36)31-38)33-12-5-2-6-13-33/h1-31H/i2D,5D,6D,12D,13D,18D,19D,20D,21D,24D,25D,28D,29D,30D,31D. The molecule has 9 rings (SSSR count). The van der Waals surface area contributed by atoms with E-state index in [0.29, 0.717) is 11.4 Å². The van der Waals surface area contributed by atoms with Crippen molar-refractivity contribution in [1.29, 1.82) is 0 Å². The van der Waals surface area contributed by atoms with Crippen molar-refractivity contribution in [2.75, 3.05) is 4.90 Å². The van der Waals surface area contributed by atoms with Crippen LogP contribution in [-0.4, -0.2) is 0 Å². The van der Waals surface area contributed by atoms with Gasteiger partial charge in [-0.1, -0.05) is 133 Å². The van der Waals surface area contributed by atoms with E-state index in [4.69, 9.17) is 12.3 Å². The molecule has 0 bridgehead atoms. The minimum atomic E-state index is -0.759. The van der Waals surface area contributed by atoms with Gasteiger partial charge in [0, 0.05) is 31.5 Å². The highest BCUT2D eigenvalue weighted by atomic mass is 32.1. The molecule has 0 amide bonds. The molecule has 0 saturated heterocycles. The molecule has 48 heavy (non-hydrogen) atoms. The topological polar surface area (TPSA) is 3.24 Å². The lowest BCUT2D eigenvalue weighted by atomic mass is 9.97. The van der Waals surface area contributed by atoms with Gasteiger partial charge in [0.1, 0.15) is 0 Å². The Hall–Kier alpha value is -5.96. The molecule has 8 aromatic carbocycles. The van der Waals surface area contributed by atoms with Gasteiger partial charge in [-0.2, -0.15) is 0 Å². The van der Waals surface area contributed by atoms with Crippen molar-refractivity contribution in [3.05, 3.63) is 188 Å². The molecule has 2 heteroatoms. The summed E-state index contributed by atoms with van der Waals surface area (Å²) in [6.45, 7) is 0. The maximum Gasteiger partial charge on any atom is 0.0645 e. The van der Waals surface area contributed by atoms with Crippen LogP contribution in [0.15, 0.2) is 188 Å². The first kappa shape index (κ1) is 16.7. The van der Waals surface area contributed by atoms with Gasteiger partial charge in [0.2, 0.25) is 0 Å². The molecule has 1 aromatic heterocycles. The van der Waals surface area contributed by atoms with E-state index in [-0.39, 0.29) is 5.69 Å². The molecule has 0 N–H and O–H groups in total. The fourth-order valence-corrected chi connectivity index (χ4v) is 6.93. The van der Waals surface area contributed by atoms with Crippen molar-refractivity contribution in [2.24, 2.45) is 0 Å². The summed E-state index contributed by atoms with van der Waals surface area (Å²) in [6.07, 6.45) is 0. The quantitative estimate of drug-likeness (QED) is 0.174. The van der Waals surface area contributed by atoms with E-state index in [2.05, 4.69) is 0 Å². The molecule has 0 saturated carbocycles. The second-order valence-corrected chi connectivity index (χ2v) is 12.1. The van der Waals surface area contributed by atoms with Crippen molar-refractivity contribution >= 4 is 59.3 Å². The van der Waals surface area contributed by atoms with Crippen LogP contribution in [0.25, 0.3) is 64.3 Å². The van der Waals surface area contributed by atoms with Crippen LogP contribution in [-0.2, 0) is 0 Å². The Morgan fingerprint density at radius 3 is 1.79 bits per heavy atom. The molecule has 0 aliphatic rings. The van der Waals surface area contributed by atoms with Crippen LogP contribution >= 0.6 is 11.3 Å². The van der Waals surface area contributed by atoms with E-state index in [9.17, 15) is 8.22 Å². The average Bonchev–Trinajstić information content (AvgIpc) is 3.68. The monoisotopic (exact) mass is 644 g/mol. The summed E-state index contributed by atoms with van der Waals surface area (Å²) in [4.78, 5) is 1.66. The number of hydrogen-bond donors (Lipinski definition) is 0. The van der Waals surface area contributed by atoms with Crippen LogP contribution in [0.2, 0.25) is 0 Å². The third kappa shape index (κ3) is 5.13. The molecular formula is C46H31NS. The Morgan fingerprint density at radius 2 is 1.04 bits per heavy atom. The highest BCUT2D eigenvalue weighted by Crippen LogP contribution is 2.45. The summed E-state index contributed by atoms with van der Waals surface area (Å²) in [5.74, 6) is 0. The Kier molecular flexibility index (Phi) is 4.19. The number of fused-ring (bicyclic) bond motifs is 4. The zero-order valence-corrected chi connectivity index (χ0v) is 25.9. The Balaban J connectivity index is 1.32. The lowest BCUT2D eigenvalue weighted by molar-refractivity contribution is 1.30. The summed E-state index contributed by atoms with van der Waals surface area (Å²) in [6, 6.07) is 20.1. The van der Waals surface area contributed by atoms with Gasteiger partial charge in [-0.15, -0.1) is 11.3 Å². The van der Waals surface area contributed by atoms with Crippen LogP contribution in [0.1, 0.15) is 20.6 Å². The number of benzene rings is 8. The second kappa shape index (κ2) is 12.0. The lowest BCUT2D eigenvalue weighted by Gasteiger charge is -2.27. The van der Waals surface area contributed by atoms with Gasteiger partial charge in [-0.05, 0) is 98.7 Å². The van der Waals surface area contributed by atoms with E-state index in [1.54, 1.807) is 16.2 Å². The first-order chi connectivity index (χ1) is 30.1. The molecule has 1 nitrogen and oxygen atoms in total. The SMILES string of the molecule is [2H]c1c([2H])c([2H])c(-c2c([2H])c([2H])c3c([2H])c([2H])c(-c4c([2H])c([2H])c(N(c5ccc(-c6ccccc6)cc5)c5cccc6sc7ccccc7c56)c([2H])c4[2H])c([2H])c3c2[2H])c([2H])c1[2H]. The Morgan fingerprint density at radius 1 is 0.417 bits per heavy atom. The van der Waals surface area contributed by atoms with E-state index >= 15 is 0 Å². The van der Waals surface area contributed by atoms with Crippen molar-refractivity contribution in [2.45, 2.75) is 0 Å². The predicted molar refractivity (Wildman–Crippen MR) is 208 cm³/mol. The number of hydrogen-bond acceptors (Lipinski definition) is 2. The second-order valence-electron chi connectivity index (χ2n) is 11.0. The number of thiophene rings is 1. The first-order valence-corrected chi connectivity index (χ1v) is 15.9. The van der Waals surface area contributed by atoms with Gasteiger partial charge < -0.3 is 4.90 Å². The van der Waals surface area contributed by atoms with E-state index in [0.717, 1.165) is 31.3 Å². The molecule has 1 heterocycles. The maximum atomic E-state index is 9.59. The summed E-state index contributed by atoms with van der Waals surface area (Å²) in [7, 11) is 0. The van der Waals surface area contributed by atoms with Crippen molar-refractivity contribution in [3.8, 4) is 33.4 Å². The highest BCUT2D eigenvalue weighted by Gasteiger charge is 2.18. The van der Waals surface area contributed by atoms with Crippen LogP contribution in [0, 0.1) is 0 Å². The van der Waals surface area contributed by atoms with E-state index in [1.807, 2.05) is 97.1 Å². The molecule has 0 aliphatic carbocycles. The van der Waals surface area contributed by atoms with E-state index in [1.165, 1.54) is 0 Å². The minimum absolute atomic E-state index is 0.133. The van der Waals surface area contributed by atoms with Gasteiger partial charge in [0.25, 0.3) is 0 Å². The molecule has 226 valence electrons. The Labute approximate surface area is 305 Å². The normalized spacial score (nSPS) is 15.7. The van der Waals surface area contributed by atoms with E-state index < -0.39 is 124 Å². The molecule has 0 aliphatic heterocycles. The van der Waals surface area contributed by atoms with Crippen molar-refractivity contribution in [1.82, 2.24) is 0 Å². The Bertz CT molecular complexity index is 3350. The fraction of sp³-hybridized carbons (Fsp3) is 0. The van der Waals surface area contributed by atoms with Crippen molar-refractivity contribution < 1.29 is 20.6 Å². The van der Waals surface area contributed by atoms with Gasteiger partial charge in [-0.25, -0.2) is 0 Å². The van der Waals surface area contributed by atoms with Gasteiger partial charge in [0.05, 0.1) is 26.2 Å². The maximum absolute atomic E-state index is 9.59. The summed E-state index contributed by atoms with van der Waals surface area (Å²) < 4.78 is 136. The zero-order valence-electron chi connectivity index (χ0n) is 40.1. The summed E-state index contributed by atoms with van der Waals surface area (Å²) in [5.41, 5.74) is 0.629. The van der Waals surface area contributed by atoms with Crippen LogP contribution in [0.5, 0.6) is 0 Å². The fourth-order valence-electron chi connectivity index (χ4n) is 5.81. The predicted octanol–water partition coefficient (Wildman–Crippen LogP) is 13.7. The molecular weight excluding hydrogens is 599 g/mol. The van der Waals surface area contributed by atoms with Crippen LogP contribution in [0.3, 0.4) is 0 Å². The molecule has 0 spiro atoms. The smallest absolute Gasteiger partial charge is 0.0645 e. The average molecular weight is 645 g/mol.